The average molecular weight is 354 g/mol. The number of carboxylic acids is 1. The molecule has 1 heterocycles. The van der Waals surface area contributed by atoms with E-state index in [2.05, 4.69) is 5.32 Å². The highest BCUT2D eigenvalue weighted by Gasteiger charge is 2.35. The minimum absolute atomic E-state index is 0.0881. The summed E-state index contributed by atoms with van der Waals surface area (Å²) in [6.07, 6.45) is 0.108. The second kappa shape index (κ2) is 7.26. The van der Waals surface area contributed by atoms with Crippen LogP contribution < -0.4 is 15.0 Å². The lowest BCUT2D eigenvalue weighted by molar-refractivity contribution is -0.122. The van der Waals surface area contributed by atoms with Crippen LogP contribution in [0.15, 0.2) is 48.5 Å². The van der Waals surface area contributed by atoms with Gasteiger partial charge in [0.15, 0.2) is 0 Å². The molecule has 3 rings (SSSR count). The van der Waals surface area contributed by atoms with Crippen LogP contribution in [-0.2, 0) is 9.59 Å². The quantitative estimate of drug-likeness (QED) is 0.859. The fourth-order valence-electron chi connectivity index (χ4n) is 2.87. The molecular formula is C19H18N2O5. The van der Waals surface area contributed by atoms with Gasteiger partial charge in [-0.3, -0.25) is 9.59 Å². The molecule has 0 bridgehead atoms. The first kappa shape index (κ1) is 17.5. The Balaban J connectivity index is 1.68. The monoisotopic (exact) mass is 354 g/mol. The summed E-state index contributed by atoms with van der Waals surface area (Å²) in [6, 6.07) is 13.1. The normalized spacial score (nSPS) is 16.4. The highest BCUT2D eigenvalue weighted by molar-refractivity contribution is 6.03. The maximum atomic E-state index is 12.5. The van der Waals surface area contributed by atoms with Crippen molar-refractivity contribution in [3.05, 3.63) is 54.1 Å². The molecule has 134 valence electrons. The summed E-state index contributed by atoms with van der Waals surface area (Å²) in [5.41, 5.74) is 1.19. The smallest absolute Gasteiger partial charge is 0.335 e. The third kappa shape index (κ3) is 3.66. The second-order valence-corrected chi connectivity index (χ2v) is 5.98. The molecule has 0 saturated carbocycles. The number of benzene rings is 2. The van der Waals surface area contributed by atoms with Crippen molar-refractivity contribution < 1.29 is 24.2 Å². The van der Waals surface area contributed by atoms with E-state index in [4.69, 9.17) is 9.84 Å². The number of carbonyl (C=O) groups excluding carboxylic acids is 2. The van der Waals surface area contributed by atoms with Gasteiger partial charge in [0.1, 0.15) is 5.75 Å². The van der Waals surface area contributed by atoms with Gasteiger partial charge in [-0.05, 0) is 42.5 Å². The van der Waals surface area contributed by atoms with Gasteiger partial charge in [0.2, 0.25) is 11.8 Å². The molecule has 1 aliphatic rings. The number of anilines is 2. The number of hydrogen-bond acceptors (Lipinski definition) is 4. The molecule has 0 spiro atoms. The maximum absolute atomic E-state index is 12.5. The molecule has 1 saturated heterocycles. The largest absolute Gasteiger partial charge is 0.497 e. The predicted molar refractivity (Wildman–Crippen MR) is 95.5 cm³/mol. The SMILES string of the molecule is COc1ccc(N2C[C@H](C(=O)Nc3cccc(C(=O)O)c3)CC2=O)cc1. The zero-order valence-electron chi connectivity index (χ0n) is 14.1. The van der Waals surface area contributed by atoms with Crippen molar-refractivity contribution in [3.63, 3.8) is 0 Å². The number of nitrogens with one attached hydrogen (secondary N) is 1. The first-order chi connectivity index (χ1) is 12.5. The molecule has 2 aromatic carbocycles. The van der Waals surface area contributed by atoms with E-state index in [9.17, 15) is 14.4 Å². The molecule has 2 amide bonds. The first-order valence-electron chi connectivity index (χ1n) is 8.06. The fourth-order valence-corrected chi connectivity index (χ4v) is 2.87. The molecule has 0 aliphatic carbocycles. The zero-order chi connectivity index (χ0) is 18.7. The Kier molecular flexibility index (Phi) is 4.88. The molecule has 0 aromatic heterocycles. The van der Waals surface area contributed by atoms with E-state index < -0.39 is 11.9 Å². The molecule has 7 nitrogen and oxygen atoms in total. The van der Waals surface area contributed by atoms with E-state index in [-0.39, 0.29) is 30.3 Å². The Morgan fingerprint density at radius 2 is 1.92 bits per heavy atom. The fraction of sp³-hybridized carbons (Fsp3) is 0.211. The van der Waals surface area contributed by atoms with Crippen molar-refractivity contribution in [2.24, 2.45) is 5.92 Å². The van der Waals surface area contributed by atoms with Crippen LogP contribution in [0.4, 0.5) is 11.4 Å². The van der Waals surface area contributed by atoms with Crippen molar-refractivity contribution in [3.8, 4) is 5.75 Å². The van der Waals surface area contributed by atoms with E-state index in [1.807, 2.05) is 0 Å². The summed E-state index contributed by atoms with van der Waals surface area (Å²) in [7, 11) is 1.57. The zero-order valence-corrected chi connectivity index (χ0v) is 14.1. The third-order valence-electron chi connectivity index (χ3n) is 4.26. The summed E-state index contributed by atoms with van der Waals surface area (Å²) in [6.45, 7) is 0.273. The standard InChI is InChI=1S/C19H18N2O5/c1-26-16-7-5-15(6-8-16)21-11-13(10-17(21)22)18(23)20-14-4-2-3-12(9-14)19(24)25/h2-9,13H,10-11H2,1H3,(H,20,23)(H,24,25)/t13-/m1/s1. The van der Waals surface area contributed by atoms with Gasteiger partial charge < -0.3 is 20.1 Å². The number of ether oxygens (including phenoxy) is 1. The van der Waals surface area contributed by atoms with Crippen LogP contribution in [0.1, 0.15) is 16.8 Å². The number of methoxy groups -OCH3 is 1. The molecule has 0 radical (unpaired) electrons. The number of aromatic carboxylic acids is 1. The highest BCUT2D eigenvalue weighted by atomic mass is 16.5. The Bertz CT molecular complexity index is 847. The van der Waals surface area contributed by atoms with E-state index in [1.54, 1.807) is 48.4 Å². The van der Waals surface area contributed by atoms with Gasteiger partial charge in [0.25, 0.3) is 0 Å². The molecule has 2 N–H and O–H groups in total. The minimum atomic E-state index is -1.07. The van der Waals surface area contributed by atoms with Crippen LogP contribution >= 0.6 is 0 Å². The maximum Gasteiger partial charge on any atom is 0.335 e. The van der Waals surface area contributed by atoms with Gasteiger partial charge in [-0.25, -0.2) is 4.79 Å². The van der Waals surface area contributed by atoms with Gasteiger partial charge in [0, 0.05) is 24.3 Å². The minimum Gasteiger partial charge on any atom is -0.497 e. The lowest BCUT2D eigenvalue weighted by Crippen LogP contribution is -2.28. The number of rotatable bonds is 5. The van der Waals surface area contributed by atoms with Crippen LogP contribution in [0.2, 0.25) is 0 Å². The van der Waals surface area contributed by atoms with Gasteiger partial charge in [-0.15, -0.1) is 0 Å². The lowest BCUT2D eigenvalue weighted by atomic mass is 10.1. The topological polar surface area (TPSA) is 95.9 Å². The van der Waals surface area contributed by atoms with Gasteiger partial charge in [-0.1, -0.05) is 6.07 Å². The van der Waals surface area contributed by atoms with Crippen LogP contribution in [0.5, 0.6) is 5.75 Å². The molecule has 1 aliphatic heterocycles. The Morgan fingerprint density at radius 1 is 1.19 bits per heavy atom. The van der Waals surface area contributed by atoms with Crippen molar-refractivity contribution in [2.45, 2.75) is 6.42 Å². The van der Waals surface area contributed by atoms with Crippen molar-refractivity contribution >= 4 is 29.2 Å². The van der Waals surface area contributed by atoms with Crippen LogP contribution in [0, 0.1) is 5.92 Å². The molecule has 26 heavy (non-hydrogen) atoms. The van der Waals surface area contributed by atoms with E-state index in [1.165, 1.54) is 12.1 Å². The number of amides is 2. The first-order valence-corrected chi connectivity index (χ1v) is 8.06. The van der Waals surface area contributed by atoms with E-state index in [0.29, 0.717) is 17.1 Å². The summed E-state index contributed by atoms with van der Waals surface area (Å²) < 4.78 is 5.10. The number of carboxylic acid groups (broad SMARTS) is 1. The van der Waals surface area contributed by atoms with Gasteiger partial charge in [-0.2, -0.15) is 0 Å². The van der Waals surface area contributed by atoms with Gasteiger partial charge in [0.05, 0.1) is 18.6 Å². The average Bonchev–Trinajstić information content (AvgIpc) is 3.04. The van der Waals surface area contributed by atoms with Crippen LogP contribution in [-0.4, -0.2) is 36.5 Å². The number of carbonyl (C=O) groups is 3. The Labute approximate surface area is 150 Å². The summed E-state index contributed by atoms with van der Waals surface area (Å²) in [5.74, 6) is -1.32. The third-order valence-corrected chi connectivity index (χ3v) is 4.26. The van der Waals surface area contributed by atoms with Gasteiger partial charge >= 0.3 is 5.97 Å². The second-order valence-electron chi connectivity index (χ2n) is 5.98. The predicted octanol–water partition coefficient (Wildman–Crippen LogP) is 2.39. The van der Waals surface area contributed by atoms with Crippen LogP contribution in [0.3, 0.4) is 0 Å². The molecule has 0 unspecified atom stereocenters. The summed E-state index contributed by atoms with van der Waals surface area (Å²) in [5, 5.41) is 11.7. The molecular weight excluding hydrogens is 336 g/mol. The molecule has 1 atom stereocenters. The Hall–Kier alpha value is -3.35. The molecule has 7 heteroatoms. The summed E-state index contributed by atoms with van der Waals surface area (Å²) in [4.78, 5) is 37.3. The van der Waals surface area contributed by atoms with Crippen molar-refractivity contribution in [1.29, 1.82) is 0 Å². The van der Waals surface area contributed by atoms with E-state index in [0.717, 1.165) is 0 Å². The molecule has 2 aromatic rings. The highest BCUT2D eigenvalue weighted by Crippen LogP contribution is 2.27. The lowest BCUT2D eigenvalue weighted by Gasteiger charge is -2.17. The Morgan fingerprint density at radius 3 is 2.58 bits per heavy atom. The number of nitrogens with zero attached hydrogens (tertiary/aromatic N) is 1. The number of hydrogen-bond donors (Lipinski definition) is 2. The van der Waals surface area contributed by atoms with E-state index >= 15 is 0 Å². The molecule has 1 fully saturated rings. The van der Waals surface area contributed by atoms with Crippen LogP contribution in [0.25, 0.3) is 0 Å². The van der Waals surface area contributed by atoms with Crippen molar-refractivity contribution in [1.82, 2.24) is 0 Å². The van der Waals surface area contributed by atoms with Crippen molar-refractivity contribution in [2.75, 3.05) is 23.9 Å². The summed E-state index contributed by atoms with van der Waals surface area (Å²) >= 11 is 0.